The standard InChI is InChI=1S/C24H32N4O3.HI/c1-17-4-7-20(23(14-17)31-22-11-13-30-16-22)15-27-24(25-3)26-12-10-19-5-8-21(9-6-19)28-18(2)29;/h4-9,14,22H,10-13,15-16H2,1-3H3,(H,28,29)(H2,25,26,27);1H. The number of ether oxygens (including phenoxy) is 2. The van der Waals surface area contributed by atoms with Crippen LogP contribution in [0.4, 0.5) is 5.69 Å². The fraction of sp³-hybridized carbons (Fsp3) is 0.417. The van der Waals surface area contributed by atoms with E-state index in [1.807, 2.05) is 24.3 Å². The molecule has 0 spiro atoms. The van der Waals surface area contributed by atoms with Crippen molar-refractivity contribution in [1.29, 1.82) is 0 Å². The van der Waals surface area contributed by atoms with Crippen molar-refractivity contribution in [2.45, 2.75) is 39.3 Å². The molecule has 3 rings (SSSR count). The van der Waals surface area contributed by atoms with E-state index in [0.717, 1.165) is 49.0 Å². The van der Waals surface area contributed by atoms with Crippen molar-refractivity contribution in [3.8, 4) is 5.75 Å². The number of amides is 1. The van der Waals surface area contributed by atoms with Crippen LogP contribution in [0.25, 0.3) is 0 Å². The summed E-state index contributed by atoms with van der Waals surface area (Å²) in [5.41, 5.74) is 4.26. The Balaban J connectivity index is 0.00000363. The molecule has 0 aliphatic carbocycles. The summed E-state index contributed by atoms with van der Waals surface area (Å²) in [6.07, 6.45) is 1.90. The zero-order valence-electron chi connectivity index (χ0n) is 18.9. The highest BCUT2D eigenvalue weighted by molar-refractivity contribution is 14.0. The van der Waals surface area contributed by atoms with E-state index in [-0.39, 0.29) is 36.0 Å². The molecule has 1 unspecified atom stereocenters. The maximum atomic E-state index is 11.1. The average Bonchev–Trinajstić information content (AvgIpc) is 3.25. The van der Waals surface area contributed by atoms with Crippen molar-refractivity contribution in [3.63, 3.8) is 0 Å². The van der Waals surface area contributed by atoms with Crippen LogP contribution in [0.5, 0.6) is 5.75 Å². The Bertz CT molecular complexity index is 897. The van der Waals surface area contributed by atoms with E-state index in [1.165, 1.54) is 18.1 Å². The molecule has 1 amide bonds. The number of carbonyl (C=O) groups is 1. The minimum absolute atomic E-state index is 0. The van der Waals surface area contributed by atoms with Crippen molar-refractivity contribution < 1.29 is 14.3 Å². The number of guanidine groups is 1. The third kappa shape index (κ3) is 8.31. The van der Waals surface area contributed by atoms with Gasteiger partial charge in [-0.15, -0.1) is 24.0 Å². The number of hydrogen-bond acceptors (Lipinski definition) is 4. The average molecular weight is 552 g/mol. The van der Waals surface area contributed by atoms with Gasteiger partial charge in [-0.1, -0.05) is 24.3 Å². The Hall–Kier alpha value is -2.33. The summed E-state index contributed by atoms with van der Waals surface area (Å²) >= 11 is 0. The van der Waals surface area contributed by atoms with Crippen LogP contribution in [0, 0.1) is 6.92 Å². The van der Waals surface area contributed by atoms with Crippen LogP contribution in [0.2, 0.25) is 0 Å². The van der Waals surface area contributed by atoms with E-state index in [1.54, 1.807) is 7.05 Å². The number of nitrogens with one attached hydrogen (secondary N) is 3. The van der Waals surface area contributed by atoms with Crippen LogP contribution in [-0.2, 0) is 22.5 Å². The van der Waals surface area contributed by atoms with Gasteiger partial charge >= 0.3 is 0 Å². The van der Waals surface area contributed by atoms with E-state index in [2.05, 4.69) is 46.1 Å². The van der Waals surface area contributed by atoms with Gasteiger partial charge in [-0.2, -0.15) is 0 Å². The molecule has 1 aliphatic rings. The van der Waals surface area contributed by atoms with E-state index < -0.39 is 0 Å². The molecule has 174 valence electrons. The van der Waals surface area contributed by atoms with Crippen LogP contribution in [0.1, 0.15) is 30.0 Å². The van der Waals surface area contributed by atoms with Crippen LogP contribution in [-0.4, -0.2) is 44.8 Å². The number of benzene rings is 2. The number of carbonyl (C=O) groups excluding carboxylic acids is 1. The van der Waals surface area contributed by atoms with Gasteiger partial charge in [0, 0.05) is 44.7 Å². The summed E-state index contributed by atoms with van der Waals surface area (Å²) in [7, 11) is 1.76. The number of hydrogen-bond donors (Lipinski definition) is 3. The highest BCUT2D eigenvalue weighted by Crippen LogP contribution is 2.23. The molecule has 0 saturated carbocycles. The number of aliphatic imine (C=N–C) groups is 1. The first-order valence-corrected chi connectivity index (χ1v) is 10.7. The fourth-order valence-electron chi connectivity index (χ4n) is 3.39. The summed E-state index contributed by atoms with van der Waals surface area (Å²) in [5.74, 6) is 1.58. The maximum Gasteiger partial charge on any atom is 0.221 e. The summed E-state index contributed by atoms with van der Waals surface area (Å²) in [5, 5.41) is 9.49. The van der Waals surface area contributed by atoms with Crippen LogP contribution < -0.4 is 20.7 Å². The first-order valence-electron chi connectivity index (χ1n) is 10.7. The molecule has 0 radical (unpaired) electrons. The number of halogens is 1. The molecule has 1 heterocycles. The maximum absolute atomic E-state index is 11.1. The lowest BCUT2D eigenvalue weighted by Gasteiger charge is -2.18. The molecular weight excluding hydrogens is 519 g/mol. The topological polar surface area (TPSA) is 84.0 Å². The molecule has 8 heteroatoms. The lowest BCUT2D eigenvalue weighted by atomic mass is 10.1. The summed E-state index contributed by atoms with van der Waals surface area (Å²) in [6, 6.07) is 14.1. The molecule has 0 bridgehead atoms. The molecule has 32 heavy (non-hydrogen) atoms. The minimum atomic E-state index is -0.0667. The number of rotatable bonds is 8. The Morgan fingerprint density at radius 3 is 2.62 bits per heavy atom. The highest BCUT2D eigenvalue weighted by atomic mass is 127. The van der Waals surface area contributed by atoms with Crippen molar-refractivity contribution >= 4 is 41.5 Å². The molecule has 1 atom stereocenters. The smallest absolute Gasteiger partial charge is 0.221 e. The third-order valence-corrected chi connectivity index (χ3v) is 5.05. The minimum Gasteiger partial charge on any atom is -0.488 e. The van der Waals surface area contributed by atoms with E-state index in [4.69, 9.17) is 9.47 Å². The normalized spacial score (nSPS) is 15.6. The molecule has 3 N–H and O–H groups in total. The Morgan fingerprint density at radius 1 is 1.19 bits per heavy atom. The van der Waals surface area contributed by atoms with Gasteiger partial charge in [0.2, 0.25) is 5.91 Å². The van der Waals surface area contributed by atoms with Crippen molar-refractivity contribution in [1.82, 2.24) is 10.6 Å². The quantitative estimate of drug-likeness (QED) is 0.265. The van der Waals surface area contributed by atoms with Gasteiger partial charge in [-0.05, 0) is 42.7 Å². The highest BCUT2D eigenvalue weighted by Gasteiger charge is 2.18. The van der Waals surface area contributed by atoms with Crippen molar-refractivity contribution in [2.75, 3.05) is 32.1 Å². The molecule has 1 saturated heterocycles. The van der Waals surface area contributed by atoms with Gasteiger partial charge in [0.1, 0.15) is 11.9 Å². The molecular formula is C24H33IN4O3. The van der Waals surface area contributed by atoms with E-state index in [9.17, 15) is 4.79 Å². The van der Waals surface area contributed by atoms with Gasteiger partial charge in [-0.3, -0.25) is 9.79 Å². The van der Waals surface area contributed by atoms with Gasteiger partial charge in [0.25, 0.3) is 0 Å². The molecule has 2 aromatic carbocycles. The second kappa shape index (κ2) is 13.3. The molecule has 1 fully saturated rings. The van der Waals surface area contributed by atoms with Gasteiger partial charge in [0.05, 0.1) is 13.2 Å². The first-order chi connectivity index (χ1) is 15.0. The van der Waals surface area contributed by atoms with Crippen molar-refractivity contribution in [2.24, 2.45) is 4.99 Å². The fourth-order valence-corrected chi connectivity index (χ4v) is 3.39. The van der Waals surface area contributed by atoms with E-state index >= 15 is 0 Å². The van der Waals surface area contributed by atoms with Crippen LogP contribution in [0.15, 0.2) is 47.5 Å². The molecule has 1 aliphatic heterocycles. The zero-order valence-corrected chi connectivity index (χ0v) is 21.3. The van der Waals surface area contributed by atoms with E-state index in [0.29, 0.717) is 13.2 Å². The number of anilines is 1. The van der Waals surface area contributed by atoms with Gasteiger partial charge < -0.3 is 25.4 Å². The van der Waals surface area contributed by atoms with Crippen LogP contribution in [0.3, 0.4) is 0 Å². The summed E-state index contributed by atoms with van der Waals surface area (Å²) in [6.45, 7) is 6.35. The number of nitrogens with zero attached hydrogens (tertiary/aromatic N) is 1. The monoisotopic (exact) mass is 552 g/mol. The van der Waals surface area contributed by atoms with Crippen LogP contribution >= 0.6 is 24.0 Å². The first kappa shape index (κ1) is 25.9. The molecule has 7 nitrogen and oxygen atoms in total. The summed E-state index contributed by atoms with van der Waals surface area (Å²) in [4.78, 5) is 15.4. The second-order valence-corrected chi connectivity index (χ2v) is 7.70. The predicted octanol–water partition coefficient (Wildman–Crippen LogP) is 3.65. The Labute approximate surface area is 207 Å². The zero-order chi connectivity index (χ0) is 22.1. The van der Waals surface area contributed by atoms with Gasteiger partial charge in [-0.25, -0.2) is 0 Å². The second-order valence-electron chi connectivity index (χ2n) is 7.70. The lowest BCUT2D eigenvalue weighted by Crippen LogP contribution is -2.38. The molecule has 0 aromatic heterocycles. The SMILES string of the molecule is CN=C(NCCc1ccc(NC(C)=O)cc1)NCc1ccc(C)cc1OC1CCOC1.I. The van der Waals surface area contributed by atoms with Gasteiger partial charge in [0.15, 0.2) is 5.96 Å². The lowest BCUT2D eigenvalue weighted by molar-refractivity contribution is -0.114. The van der Waals surface area contributed by atoms with Crippen molar-refractivity contribution in [3.05, 3.63) is 59.2 Å². The molecule has 2 aromatic rings. The number of aryl methyl sites for hydroxylation is 1. The third-order valence-electron chi connectivity index (χ3n) is 5.05. The summed E-state index contributed by atoms with van der Waals surface area (Å²) < 4.78 is 11.6. The predicted molar refractivity (Wildman–Crippen MR) is 139 cm³/mol. The largest absolute Gasteiger partial charge is 0.488 e. The Morgan fingerprint density at radius 2 is 1.97 bits per heavy atom. The Kier molecular flexibility index (Phi) is 10.8.